The number of hydrogen-bond acceptors (Lipinski definition) is 5. The van der Waals surface area contributed by atoms with E-state index < -0.39 is 18.5 Å². The van der Waals surface area contributed by atoms with Crippen molar-refractivity contribution in [3.05, 3.63) is 58.3 Å². The smallest absolute Gasteiger partial charge is 0.375 e. The normalized spacial score (nSPS) is 11.0. The SMILES string of the molecule is CCN(c1ccc(NC(=O)COC(=O)c2oc3ccc(Br)cc3c2C)cc1)C(C)C. The van der Waals surface area contributed by atoms with Gasteiger partial charge in [0.15, 0.2) is 6.61 Å². The maximum Gasteiger partial charge on any atom is 0.375 e. The van der Waals surface area contributed by atoms with E-state index in [9.17, 15) is 9.59 Å². The summed E-state index contributed by atoms with van der Waals surface area (Å²) in [5.41, 5.74) is 3.00. The summed E-state index contributed by atoms with van der Waals surface area (Å²) in [6, 6.07) is 13.5. The van der Waals surface area contributed by atoms with Crippen LogP contribution in [0.2, 0.25) is 0 Å². The Labute approximate surface area is 184 Å². The highest BCUT2D eigenvalue weighted by Crippen LogP contribution is 2.28. The fourth-order valence-electron chi connectivity index (χ4n) is 3.36. The molecule has 1 N–H and O–H groups in total. The molecule has 3 rings (SSSR count). The van der Waals surface area contributed by atoms with Crippen LogP contribution >= 0.6 is 15.9 Å². The van der Waals surface area contributed by atoms with Crippen LogP contribution in [0.3, 0.4) is 0 Å². The summed E-state index contributed by atoms with van der Waals surface area (Å²) >= 11 is 3.40. The minimum atomic E-state index is -0.666. The fraction of sp³-hybridized carbons (Fsp3) is 0.304. The van der Waals surface area contributed by atoms with Gasteiger partial charge in [-0.3, -0.25) is 4.79 Å². The molecule has 7 heteroatoms. The Kier molecular flexibility index (Phi) is 6.82. The molecule has 1 aromatic heterocycles. The highest BCUT2D eigenvalue weighted by atomic mass is 79.9. The predicted octanol–water partition coefficient (Wildman–Crippen LogP) is 5.53. The second-order valence-corrected chi connectivity index (χ2v) is 8.16. The van der Waals surface area contributed by atoms with E-state index in [1.807, 2.05) is 36.4 Å². The summed E-state index contributed by atoms with van der Waals surface area (Å²) in [6.07, 6.45) is 0. The number of benzene rings is 2. The van der Waals surface area contributed by atoms with Crippen molar-refractivity contribution in [3.8, 4) is 0 Å². The number of aryl methyl sites for hydroxylation is 1. The van der Waals surface area contributed by atoms with E-state index in [0.29, 0.717) is 22.9 Å². The number of carbonyl (C=O) groups is 2. The van der Waals surface area contributed by atoms with Crippen molar-refractivity contribution in [1.82, 2.24) is 0 Å². The van der Waals surface area contributed by atoms with Crippen LogP contribution in [0.5, 0.6) is 0 Å². The number of fused-ring (bicyclic) bond motifs is 1. The van der Waals surface area contributed by atoms with Crippen molar-refractivity contribution in [3.63, 3.8) is 0 Å². The molecule has 0 bridgehead atoms. The number of nitrogens with one attached hydrogen (secondary N) is 1. The van der Waals surface area contributed by atoms with Gasteiger partial charge >= 0.3 is 5.97 Å². The second-order valence-electron chi connectivity index (χ2n) is 7.25. The lowest BCUT2D eigenvalue weighted by atomic mass is 10.1. The number of halogens is 1. The van der Waals surface area contributed by atoms with Crippen molar-refractivity contribution in [2.75, 3.05) is 23.4 Å². The highest BCUT2D eigenvalue weighted by Gasteiger charge is 2.20. The minimum Gasteiger partial charge on any atom is -0.450 e. The van der Waals surface area contributed by atoms with Crippen LogP contribution in [0.4, 0.5) is 11.4 Å². The molecule has 3 aromatic rings. The van der Waals surface area contributed by atoms with Gasteiger partial charge in [-0.15, -0.1) is 0 Å². The van der Waals surface area contributed by atoms with Crippen LogP contribution in [-0.2, 0) is 9.53 Å². The molecule has 158 valence electrons. The van der Waals surface area contributed by atoms with E-state index in [-0.39, 0.29) is 5.76 Å². The molecule has 6 nitrogen and oxygen atoms in total. The lowest BCUT2D eigenvalue weighted by molar-refractivity contribution is -0.119. The zero-order valence-corrected chi connectivity index (χ0v) is 19.1. The summed E-state index contributed by atoms with van der Waals surface area (Å²) in [5.74, 6) is -0.974. The van der Waals surface area contributed by atoms with Gasteiger partial charge in [0.05, 0.1) is 0 Å². The van der Waals surface area contributed by atoms with E-state index in [1.54, 1.807) is 13.0 Å². The van der Waals surface area contributed by atoms with Gasteiger partial charge in [0, 0.05) is 39.4 Å². The maximum atomic E-state index is 12.4. The fourth-order valence-corrected chi connectivity index (χ4v) is 3.72. The number of nitrogens with zero attached hydrogens (tertiary/aromatic N) is 1. The monoisotopic (exact) mass is 472 g/mol. The molecule has 0 saturated heterocycles. The first-order valence-corrected chi connectivity index (χ1v) is 10.6. The first-order chi connectivity index (χ1) is 14.3. The summed E-state index contributed by atoms with van der Waals surface area (Å²) in [4.78, 5) is 26.8. The first kappa shape index (κ1) is 21.9. The molecule has 1 amide bonds. The molecule has 1 heterocycles. The van der Waals surface area contributed by atoms with Crippen LogP contribution < -0.4 is 10.2 Å². The molecule has 2 aromatic carbocycles. The molecule has 0 unspecified atom stereocenters. The van der Waals surface area contributed by atoms with Gasteiger partial charge in [-0.25, -0.2) is 4.79 Å². The number of furan rings is 1. The van der Waals surface area contributed by atoms with Crippen molar-refractivity contribution in [2.24, 2.45) is 0 Å². The third-order valence-electron chi connectivity index (χ3n) is 4.86. The van der Waals surface area contributed by atoms with E-state index in [4.69, 9.17) is 9.15 Å². The number of anilines is 2. The average molecular weight is 473 g/mol. The van der Waals surface area contributed by atoms with Gasteiger partial charge in [-0.1, -0.05) is 15.9 Å². The topological polar surface area (TPSA) is 71.8 Å². The first-order valence-electron chi connectivity index (χ1n) is 9.82. The van der Waals surface area contributed by atoms with E-state index in [1.165, 1.54) is 0 Å². The van der Waals surface area contributed by atoms with Crippen LogP contribution in [0.25, 0.3) is 11.0 Å². The van der Waals surface area contributed by atoms with Gasteiger partial charge in [0.1, 0.15) is 5.58 Å². The molecule has 30 heavy (non-hydrogen) atoms. The molecule has 0 aliphatic carbocycles. The predicted molar refractivity (Wildman–Crippen MR) is 122 cm³/mol. The molecule has 0 atom stereocenters. The molecular formula is C23H25BrN2O4. The zero-order valence-electron chi connectivity index (χ0n) is 17.5. The van der Waals surface area contributed by atoms with Crippen molar-refractivity contribution < 1.29 is 18.7 Å². The Morgan fingerprint density at radius 2 is 1.87 bits per heavy atom. The van der Waals surface area contributed by atoms with Gasteiger partial charge < -0.3 is 19.4 Å². The maximum absolute atomic E-state index is 12.4. The Bertz CT molecular complexity index is 1060. The number of carbonyl (C=O) groups excluding carboxylic acids is 2. The van der Waals surface area contributed by atoms with Crippen LogP contribution in [0.1, 0.15) is 36.9 Å². The molecule has 0 aliphatic rings. The third-order valence-corrected chi connectivity index (χ3v) is 5.36. The lowest BCUT2D eigenvalue weighted by Gasteiger charge is -2.27. The van der Waals surface area contributed by atoms with Gasteiger partial charge in [-0.2, -0.15) is 0 Å². The standard InChI is InChI=1S/C23H25BrN2O4/c1-5-26(14(2)3)18-9-7-17(8-10-18)25-21(27)13-29-23(28)22-15(4)19-12-16(24)6-11-20(19)30-22/h6-12,14H,5,13H2,1-4H3,(H,25,27). The molecule has 0 spiro atoms. The van der Waals surface area contributed by atoms with Crippen LogP contribution in [-0.4, -0.2) is 31.1 Å². The lowest BCUT2D eigenvalue weighted by Crippen LogP contribution is -2.30. The van der Waals surface area contributed by atoms with Crippen LogP contribution in [0, 0.1) is 6.92 Å². The van der Waals surface area contributed by atoms with Gasteiger partial charge in [0.25, 0.3) is 5.91 Å². The molecular weight excluding hydrogens is 448 g/mol. The summed E-state index contributed by atoms with van der Waals surface area (Å²) < 4.78 is 11.6. The molecule has 0 fully saturated rings. The Hall–Kier alpha value is -2.80. The van der Waals surface area contributed by atoms with Crippen molar-refractivity contribution >= 4 is 50.2 Å². The second kappa shape index (κ2) is 9.34. The summed E-state index contributed by atoms with van der Waals surface area (Å²) in [6.45, 7) is 8.66. The van der Waals surface area contributed by atoms with Crippen LogP contribution in [0.15, 0.2) is 51.4 Å². The third kappa shape index (κ3) is 4.84. The number of amides is 1. The quantitative estimate of drug-likeness (QED) is 0.457. The van der Waals surface area contributed by atoms with Crippen molar-refractivity contribution in [2.45, 2.75) is 33.7 Å². The number of ether oxygens (including phenoxy) is 1. The Morgan fingerprint density at radius 3 is 2.50 bits per heavy atom. The molecule has 0 saturated carbocycles. The van der Waals surface area contributed by atoms with Gasteiger partial charge in [-0.05, 0) is 70.2 Å². The zero-order chi connectivity index (χ0) is 21.8. The van der Waals surface area contributed by atoms with E-state index in [0.717, 1.165) is 22.1 Å². The molecule has 0 aliphatic heterocycles. The van der Waals surface area contributed by atoms with E-state index >= 15 is 0 Å². The number of hydrogen-bond donors (Lipinski definition) is 1. The molecule has 0 radical (unpaired) electrons. The van der Waals surface area contributed by atoms with Gasteiger partial charge in [0.2, 0.25) is 5.76 Å². The highest BCUT2D eigenvalue weighted by molar-refractivity contribution is 9.10. The Morgan fingerprint density at radius 1 is 1.17 bits per heavy atom. The summed E-state index contributed by atoms with van der Waals surface area (Å²) in [7, 11) is 0. The van der Waals surface area contributed by atoms with E-state index in [2.05, 4.69) is 46.9 Å². The van der Waals surface area contributed by atoms with Crippen molar-refractivity contribution in [1.29, 1.82) is 0 Å². The number of esters is 1. The number of rotatable bonds is 7. The Balaban J connectivity index is 1.59. The minimum absolute atomic E-state index is 0.105. The average Bonchev–Trinajstić information content (AvgIpc) is 3.04. The largest absolute Gasteiger partial charge is 0.450 e. The summed E-state index contributed by atoms with van der Waals surface area (Å²) in [5, 5.41) is 3.56.